The van der Waals surface area contributed by atoms with Gasteiger partial charge in [-0.15, -0.1) is 0 Å². The van der Waals surface area contributed by atoms with E-state index in [9.17, 15) is 9.59 Å². The van der Waals surface area contributed by atoms with Gasteiger partial charge in [-0.3, -0.25) is 9.59 Å². The maximum atomic E-state index is 13.3. The van der Waals surface area contributed by atoms with E-state index in [1.165, 1.54) is 5.56 Å². The van der Waals surface area contributed by atoms with Gasteiger partial charge >= 0.3 is 0 Å². The molecule has 4 rings (SSSR count). The smallest absolute Gasteiger partial charge is 0.258 e. The second-order valence-corrected chi connectivity index (χ2v) is 9.68. The van der Waals surface area contributed by atoms with Crippen LogP contribution in [0.1, 0.15) is 53.7 Å². The van der Waals surface area contributed by atoms with Gasteiger partial charge in [0, 0.05) is 42.1 Å². The van der Waals surface area contributed by atoms with Crippen molar-refractivity contribution in [3.8, 4) is 0 Å². The summed E-state index contributed by atoms with van der Waals surface area (Å²) < 4.78 is 0. The summed E-state index contributed by atoms with van der Waals surface area (Å²) >= 11 is 0. The maximum absolute atomic E-state index is 13.3. The van der Waals surface area contributed by atoms with E-state index in [2.05, 4.69) is 41.5 Å². The van der Waals surface area contributed by atoms with E-state index in [0.29, 0.717) is 35.6 Å². The first-order chi connectivity index (χ1) is 17.9. The van der Waals surface area contributed by atoms with Crippen LogP contribution in [0.3, 0.4) is 0 Å². The van der Waals surface area contributed by atoms with Crippen LogP contribution in [0.4, 0.5) is 11.4 Å². The first kappa shape index (κ1) is 26.2. The molecule has 0 atom stereocenters. The molecule has 3 aromatic rings. The largest absolute Gasteiger partial charge is 0.354 e. The van der Waals surface area contributed by atoms with Crippen LogP contribution in [-0.4, -0.2) is 48.8 Å². The van der Waals surface area contributed by atoms with Gasteiger partial charge in [0.2, 0.25) is 0 Å². The molecule has 2 N–H and O–H groups in total. The molecule has 1 aliphatic heterocycles. The summed E-state index contributed by atoms with van der Waals surface area (Å²) in [6, 6.07) is 23.6. The van der Waals surface area contributed by atoms with Gasteiger partial charge in [-0.25, -0.2) is 0 Å². The Kier molecular flexibility index (Phi) is 8.41. The van der Waals surface area contributed by atoms with Crippen LogP contribution < -0.4 is 10.6 Å². The minimum atomic E-state index is -0.186. The highest BCUT2D eigenvalue weighted by molar-refractivity contribution is 6.37. The highest BCUT2D eigenvalue weighted by Crippen LogP contribution is 2.38. The molecule has 0 saturated heterocycles. The van der Waals surface area contributed by atoms with Crippen LogP contribution in [0.2, 0.25) is 0 Å². The molecule has 0 aromatic heterocycles. The first-order valence-corrected chi connectivity index (χ1v) is 13.0. The third-order valence-corrected chi connectivity index (χ3v) is 6.32. The molecular weight excluding hydrogens is 460 g/mol. The molecule has 0 aliphatic carbocycles. The van der Waals surface area contributed by atoms with Crippen LogP contribution in [0.5, 0.6) is 0 Å². The molecule has 0 saturated carbocycles. The van der Waals surface area contributed by atoms with Crippen LogP contribution in [-0.2, 0) is 11.3 Å². The Morgan fingerprint density at radius 1 is 0.865 bits per heavy atom. The van der Waals surface area contributed by atoms with Crippen LogP contribution in [0, 0.1) is 0 Å². The molecule has 0 bridgehead atoms. The highest BCUT2D eigenvalue weighted by Gasteiger charge is 2.30. The first-order valence-electron chi connectivity index (χ1n) is 13.0. The molecule has 6 heteroatoms. The number of benzene rings is 3. The van der Waals surface area contributed by atoms with E-state index >= 15 is 0 Å². The quantitative estimate of drug-likeness (QED) is 0.341. The molecule has 1 aliphatic rings. The molecule has 6 nitrogen and oxygen atoms in total. The third kappa shape index (κ3) is 6.09. The summed E-state index contributed by atoms with van der Waals surface area (Å²) in [5.41, 5.74) is 6.28. The molecule has 1 heterocycles. The van der Waals surface area contributed by atoms with Crippen molar-refractivity contribution in [1.29, 1.82) is 0 Å². The lowest BCUT2D eigenvalue weighted by atomic mass is 9.98. The fourth-order valence-electron chi connectivity index (χ4n) is 4.67. The second-order valence-electron chi connectivity index (χ2n) is 9.68. The number of carbonyl (C=O) groups is 2. The van der Waals surface area contributed by atoms with Gasteiger partial charge in [0.1, 0.15) is 0 Å². The van der Waals surface area contributed by atoms with E-state index in [4.69, 9.17) is 0 Å². The maximum Gasteiger partial charge on any atom is 0.258 e. The average molecular weight is 497 g/mol. The number of hydrogen-bond acceptors (Lipinski definition) is 4. The van der Waals surface area contributed by atoms with Crippen molar-refractivity contribution in [2.75, 3.05) is 37.8 Å². The number of amides is 2. The number of hydrogen-bond donors (Lipinski definition) is 2. The predicted octanol–water partition coefficient (Wildman–Crippen LogP) is 5.94. The van der Waals surface area contributed by atoms with Gasteiger partial charge in [-0.2, -0.15) is 0 Å². The topological polar surface area (TPSA) is 64.7 Å². The van der Waals surface area contributed by atoms with E-state index in [1.807, 2.05) is 79.7 Å². The van der Waals surface area contributed by atoms with Gasteiger partial charge in [0.25, 0.3) is 11.8 Å². The Morgan fingerprint density at radius 3 is 2.16 bits per heavy atom. The Morgan fingerprint density at radius 2 is 1.54 bits per heavy atom. The average Bonchev–Trinajstić information content (AvgIpc) is 3.22. The highest BCUT2D eigenvalue weighted by atomic mass is 16.2. The minimum Gasteiger partial charge on any atom is -0.354 e. The lowest BCUT2D eigenvalue weighted by Gasteiger charge is -2.22. The molecule has 37 heavy (non-hydrogen) atoms. The lowest BCUT2D eigenvalue weighted by Crippen LogP contribution is -2.32. The molecule has 3 aromatic carbocycles. The molecule has 0 unspecified atom stereocenters. The van der Waals surface area contributed by atoms with Gasteiger partial charge in [0.05, 0.1) is 11.3 Å². The second kappa shape index (κ2) is 11.9. The number of fused-ring (bicyclic) bond motifs is 1. The molecule has 2 amide bonds. The molecule has 0 spiro atoms. The fraction of sp³-hybridized carbons (Fsp3) is 0.290. The van der Waals surface area contributed by atoms with Gasteiger partial charge in [-0.1, -0.05) is 56.3 Å². The Bertz CT molecular complexity index is 1270. The zero-order valence-electron chi connectivity index (χ0n) is 22.2. The fourth-order valence-corrected chi connectivity index (χ4v) is 4.67. The van der Waals surface area contributed by atoms with Crippen molar-refractivity contribution in [2.45, 2.75) is 33.2 Å². The summed E-state index contributed by atoms with van der Waals surface area (Å²) in [7, 11) is 4.09. The zero-order valence-corrected chi connectivity index (χ0v) is 22.2. The van der Waals surface area contributed by atoms with E-state index < -0.39 is 0 Å². The summed E-state index contributed by atoms with van der Waals surface area (Å²) in [6.07, 6.45) is 1.80. The summed E-state index contributed by atoms with van der Waals surface area (Å²) in [5, 5.41) is 6.50. The zero-order chi connectivity index (χ0) is 26.4. The Balaban J connectivity index is 1.77. The summed E-state index contributed by atoms with van der Waals surface area (Å²) in [6.45, 7) is 6.43. The van der Waals surface area contributed by atoms with Crippen molar-refractivity contribution >= 4 is 34.5 Å². The molecule has 0 fully saturated rings. The number of rotatable bonds is 10. The number of anilines is 2. The summed E-state index contributed by atoms with van der Waals surface area (Å²) in [4.78, 5) is 30.7. The monoisotopic (exact) mass is 496 g/mol. The molecule has 0 radical (unpaired) electrons. The van der Waals surface area contributed by atoms with E-state index in [0.717, 1.165) is 36.2 Å². The van der Waals surface area contributed by atoms with E-state index in [-0.39, 0.29) is 11.8 Å². The van der Waals surface area contributed by atoms with Crippen LogP contribution >= 0.6 is 0 Å². The third-order valence-electron chi connectivity index (χ3n) is 6.32. The van der Waals surface area contributed by atoms with Crippen LogP contribution in [0.25, 0.3) is 11.3 Å². The van der Waals surface area contributed by atoms with Gasteiger partial charge in [0.15, 0.2) is 0 Å². The van der Waals surface area contributed by atoms with Gasteiger partial charge in [-0.05, 0) is 68.4 Å². The standard InChI is InChI=1S/C31H36N4O2/c1-5-18-35(19-6-2)31(37)24-14-17-27-26(20-24)28(30(36)33-27)29(23-10-8-7-9-11-23)32-25-15-12-22(13-16-25)21-34(3)4/h7-17,20,32H,5-6,18-19,21H2,1-4H3,(H,33,36)/b29-28-. The Labute approximate surface area is 220 Å². The van der Waals surface area contributed by atoms with Crippen molar-refractivity contribution in [3.05, 3.63) is 95.1 Å². The number of carbonyl (C=O) groups excluding carboxylic acids is 2. The van der Waals surface area contributed by atoms with E-state index in [1.54, 1.807) is 0 Å². The number of nitrogens with zero attached hydrogens (tertiary/aromatic N) is 2. The van der Waals surface area contributed by atoms with Crippen molar-refractivity contribution in [2.24, 2.45) is 0 Å². The Hall–Kier alpha value is -3.90. The number of nitrogens with one attached hydrogen (secondary N) is 2. The summed E-state index contributed by atoms with van der Waals surface area (Å²) in [5.74, 6) is -0.190. The predicted molar refractivity (Wildman–Crippen MR) is 152 cm³/mol. The van der Waals surface area contributed by atoms with Crippen molar-refractivity contribution in [3.63, 3.8) is 0 Å². The SMILES string of the molecule is CCCN(CCC)C(=O)c1ccc2c(c1)/C(=C(/Nc1ccc(CN(C)C)cc1)c1ccccc1)C(=O)N2. The van der Waals surface area contributed by atoms with Crippen molar-refractivity contribution in [1.82, 2.24) is 9.80 Å². The lowest BCUT2D eigenvalue weighted by molar-refractivity contribution is -0.110. The van der Waals surface area contributed by atoms with Crippen molar-refractivity contribution < 1.29 is 9.59 Å². The molecule has 192 valence electrons. The normalized spacial score (nSPS) is 13.8. The van der Waals surface area contributed by atoms with Crippen LogP contribution in [0.15, 0.2) is 72.8 Å². The molecular formula is C31H36N4O2. The minimum absolute atomic E-state index is 0.00380. The van der Waals surface area contributed by atoms with Gasteiger partial charge < -0.3 is 20.4 Å².